The Kier molecular flexibility index (Phi) is 7.37. The molecule has 2 aliphatic carbocycles. The third kappa shape index (κ3) is 5.15. The van der Waals surface area contributed by atoms with Gasteiger partial charge in [0.1, 0.15) is 0 Å². The molecule has 41 heavy (non-hydrogen) atoms. The molecule has 6 nitrogen and oxygen atoms in total. The second-order valence-electron chi connectivity index (χ2n) is 12.6. The summed E-state index contributed by atoms with van der Waals surface area (Å²) in [5.74, 6) is 0.895. The minimum absolute atomic E-state index is 0.133. The lowest BCUT2D eigenvalue weighted by atomic mass is 9.78. The van der Waals surface area contributed by atoms with E-state index in [9.17, 15) is 22.8 Å². The van der Waals surface area contributed by atoms with Crippen LogP contribution in [-0.4, -0.2) is 59.4 Å². The Balaban J connectivity index is 1.14. The first kappa shape index (κ1) is 28.2. The highest BCUT2D eigenvalue weighted by molar-refractivity contribution is 5.89. The zero-order chi connectivity index (χ0) is 28.9. The average Bonchev–Trinajstić information content (AvgIpc) is 3.54. The van der Waals surface area contributed by atoms with Gasteiger partial charge in [-0.1, -0.05) is 25.5 Å². The van der Waals surface area contributed by atoms with Crippen molar-refractivity contribution < 1.29 is 27.5 Å². The quantitative estimate of drug-likeness (QED) is 0.433. The van der Waals surface area contributed by atoms with Crippen LogP contribution in [-0.2, 0) is 28.7 Å². The van der Waals surface area contributed by atoms with Gasteiger partial charge in [-0.25, -0.2) is 4.79 Å². The summed E-state index contributed by atoms with van der Waals surface area (Å²) in [5, 5.41) is 0. The summed E-state index contributed by atoms with van der Waals surface area (Å²) in [6, 6.07) is 9.28. The van der Waals surface area contributed by atoms with E-state index in [-0.39, 0.29) is 18.4 Å². The number of carbonyl (C=O) groups is 2. The number of amides is 1. The predicted octanol–water partition coefficient (Wildman–Crippen LogP) is 5.85. The van der Waals surface area contributed by atoms with Gasteiger partial charge in [0.2, 0.25) is 5.91 Å². The third-order valence-electron chi connectivity index (χ3n) is 10.4. The van der Waals surface area contributed by atoms with Crippen LogP contribution in [0.25, 0.3) is 0 Å². The van der Waals surface area contributed by atoms with Crippen molar-refractivity contribution in [3.05, 3.63) is 64.5 Å². The number of piperidine rings is 1. The van der Waals surface area contributed by atoms with Gasteiger partial charge in [0.05, 0.1) is 23.7 Å². The normalized spacial score (nSPS) is 30.1. The molecule has 2 aromatic rings. The van der Waals surface area contributed by atoms with E-state index in [4.69, 9.17) is 4.74 Å². The highest BCUT2D eigenvalue weighted by Gasteiger charge is 2.57. The monoisotopic (exact) mass is 569 g/mol. The van der Waals surface area contributed by atoms with Crippen molar-refractivity contribution >= 4 is 11.9 Å². The number of hydrogen-bond donors (Lipinski definition) is 0. The Labute approximate surface area is 239 Å². The maximum absolute atomic E-state index is 14.2. The number of alkyl halides is 3. The van der Waals surface area contributed by atoms with Crippen molar-refractivity contribution in [2.45, 2.75) is 76.6 Å². The Morgan fingerprint density at radius 2 is 1.98 bits per heavy atom. The largest absolute Gasteiger partial charge is 0.465 e. The first-order chi connectivity index (χ1) is 19.6. The molecule has 5 atom stereocenters. The van der Waals surface area contributed by atoms with Crippen LogP contribution in [0.3, 0.4) is 0 Å². The summed E-state index contributed by atoms with van der Waals surface area (Å²) in [5.41, 5.74) is 1.77. The Morgan fingerprint density at radius 3 is 2.73 bits per heavy atom. The Morgan fingerprint density at radius 1 is 1.15 bits per heavy atom. The number of aromatic nitrogens is 1. The van der Waals surface area contributed by atoms with Crippen LogP contribution in [0.1, 0.15) is 84.1 Å². The smallest absolute Gasteiger partial charge is 0.417 e. The molecule has 220 valence electrons. The zero-order valence-electron chi connectivity index (χ0n) is 23.8. The number of carbonyl (C=O) groups excluding carboxylic acids is 2. The highest BCUT2D eigenvalue weighted by Crippen LogP contribution is 2.57. The molecular formula is C32H38F3N3O3. The van der Waals surface area contributed by atoms with E-state index in [0.29, 0.717) is 53.6 Å². The van der Waals surface area contributed by atoms with Crippen molar-refractivity contribution in [3.63, 3.8) is 0 Å². The highest BCUT2D eigenvalue weighted by atomic mass is 19.4. The van der Waals surface area contributed by atoms with E-state index >= 15 is 0 Å². The fourth-order valence-electron chi connectivity index (χ4n) is 8.32. The average molecular weight is 570 g/mol. The first-order valence-electron chi connectivity index (χ1n) is 14.9. The molecule has 3 heterocycles. The minimum Gasteiger partial charge on any atom is -0.465 e. The van der Waals surface area contributed by atoms with Crippen LogP contribution >= 0.6 is 0 Å². The van der Waals surface area contributed by atoms with Gasteiger partial charge in [0, 0.05) is 44.0 Å². The van der Waals surface area contributed by atoms with Gasteiger partial charge in [0.25, 0.3) is 0 Å². The molecule has 3 fully saturated rings. The standard InChI is InChI=1S/C32H38F3N3O3/c1-20-18-37(11-8-27(20)21-5-3-6-22(13-21)29(39)41-2)26-15-24-7-4-10-31(24,16-26)30(40)38-12-9-28-23(19-38)14-25(17-36-28)32(33,34)35/h3,5-6,13-14,17,20,24,26-27H,4,7-12,15-16,18-19H2,1-2H3/t20-,24+,26?,27-,31+/m0/s1. The number of benzene rings is 1. The SMILES string of the molecule is COC(=O)c1cccc([C@H]2CCN(C3C[C@H]4CCC[C@@]4(C(=O)N4CCc5ncc(C(F)(F)F)cc5C4)C3)C[C@@H]2C)c1. The Bertz CT molecular complexity index is 1330. The molecule has 1 aromatic carbocycles. The third-order valence-corrected chi connectivity index (χ3v) is 10.4. The molecule has 1 amide bonds. The second-order valence-corrected chi connectivity index (χ2v) is 12.6. The second kappa shape index (κ2) is 10.7. The number of esters is 1. The molecular weight excluding hydrogens is 531 g/mol. The van der Waals surface area contributed by atoms with Crippen molar-refractivity contribution in [1.82, 2.24) is 14.8 Å². The van der Waals surface area contributed by atoms with Gasteiger partial charge >= 0.3 is 12.1 Å². The van der Waals surface area contributed by atoms with Crippen LogP contribution in [0.2, 0.25) is 0 Å². The summed E-state index contributed by atoms with van der Waals surface area (Å²) in [7, 11) is 1.40. The zero-order valence-corrected chi connectivity index (χ0v) is 23.8. The summed E-state index contributed by atoms with van der Waals surface area (Å²) >= 11 is 0. The molecule has 0 bridgehead atoms. The fourth-order valence-corrected chi connectivity index (χ4v) is 8.32. The number of halogens is 3. The number of fused-ring (bicyclic) bond motifs is 2. The summed E-state index contributed by atoms with van der Waals surface area (Å²) in [6.07, 6.45) is 2.71. The predicted molar refractivity (Wildman–Crippen MR) is 147 cm³/mol. The molecule has 6 rings (SSSR count). The van der Waals surface area contributed by atoms with Gasteiger partial charge in [-0.3, -0.25) is 9.78 Å². The van der Waals surface area contributed by atoms with E-state index in [1.807, 2.05) is 17.0 Å². The number of hydrogen-bond acceptors (Lipinski definition) is 5. The van der Waals surface area contributed by atoms with Crippen molar-refractivity contribution in [3.8, 4) is 0 Å². The van der Waals surface area contributed by atoms with Gasteiger partial charge in [0.15, 0.2) is 0 Å². The molecule has 0 spiro atoms. The topological polar surface area (TPSA) is 62.7 Å². The molecule has 2 aliphatic heterocycles. The number of ether oxygens (including phenoxy) is 1. The molecule has 4 aliphatic rings. The maximum atomic E-state index is 14.2. The summed E-state index contributed by atoms with van der Waals surface area (Å²) in [4.78, 5) is 34.7. The maximum Gasteiger partial charge on any atom is 0.417 e. The molecule has 1 unspecified atom stereocenters. The van der Waals surface area contributed by atoms with Crippen LogP contribution in [0.4, 0.5) is 13.2 Å². The molecule has 1 aromatic heterocycles. The first-order valence-corrected chi connectivity index (χ1v) is 14.9. The van der Waals surface area contributed by atoms with Crippen molar-refractivity contribution in [2.75, 3.05) is 26.7 Å². The van der Waals surface area contributed by atoms with Gasteiger partial charge in [-0.15, -0.1) is 0 Å². The number of rotatable bonds is 4. The summed E-state index contributed by atoms with van der Waals surface area (Å²) in [6.45, 7) is 4.88. The van der Waals surface area contributed by atoms with E-state index in [0.717, 1.165) is 57.8 Å². The molecule has 2 saturated carbocycles. The van der Waals surface area contributed by atoms with Gasteiger partial charge in [-0.05, 0) is 85.7 Å². The lowest BCUT2D eigenvalue weighted by molar-refractivity contribution is -0.144. The fraction of sp³-hybridized carbons (Fsp3) is 0.594. The molecule has 0 N–H and O–H groups in total. The lowest BCUT2D eigenvalue weighted by Crippen LogP contribution is -2.48. The van der Waals surface area contributed by atoms with E-state index < -0.39 is 17.2 Å². The van der Waals surface area contributed by atoms with E-state index in [2.05, 4.69) is 22.9 Å². The molecule has 1 saturated heterocycles. The number of nitrogens with zero attached hydrogens (tertiary/aromatic N) is 3. The molecule has 0 radical (unpaired) electrons. The molecule has 9 heteroatoms. The van der Waals surface area contributed by atoms with Gasteiger partial charge < -0.3 is 14.5 Å². The van der Waals surface area contributed by atoms with Crippen molar-refractivity contribution in [1.29, 1.82) is 0 Å². The van der Waals surface area contributed by atoms with Crippen LogP contribution in [0.15, 0.2) is 36.5 Å². The van der Waals surface area contributed by atoms with Crippen LogP contribution < -0.4 is 0 Å². The lowest BCUT2D eigenvalue weighted by Gasteiger charge is -2.41. The Hall–Kier alpha value is -2.94. The van der Waals surface area contributed by atoms with E-state index in [1.54, 1.807) is 6.07 Å². The number of methoxy groups -OCH3 is 1. The summed E-state index contributed by atoms with van der Waals surface area (Å²) < 4.78 is 44.9. The van der Waals surface area contributed by atoms with Crippen LogP contribution in [0.5, 0.6) is 0 Å². The van der Waals surface area contributed by atoms with Crippen molar-refractivity contribution in [2.24, 2.45) is 17.3 Å². The minimum atomic E-state index is -4.45. The van der Waals surface area contributed by atoms with E-state index in [1.165, 1.54) is 18.7 Å². The van der Waals surface area contributed by atoms with Gasteiger partial charge in [-0.2, -0.15) is 13.2 Å². The number of likely N-dealkylation sites (tertiary alicyclic amines) is 1. The van der Waals surface area contributed by atoms with Crippen LogP contribution in [0, 0.1) is 17.3 Å². The number of pyridine rings is 1.